The number of benzene rings is 3. The molecule has 0 radical (unpaired) electrons. The molecule has 2 N–H and O–H groups in total. The molecule has 1 amide bonds. The highest BCUT2D eigenvalue weighted by Crippen LogP contribution is 2.40. The molecule has 0 saturated carbocycles. The largest absolute Gasteiger partial charge is 0.507 e. The number of carbonyl (C=O) groups excluding carboxylic acids is 2. The number of Topliss-reactive ketones (excluding diaryl/α,β-unsaturated/α-hetero) is 1. The minimum Gasteiger partial charge on any atom is -0.507 e. The molecule has 1 aliphatic rings. The predicted octanol–water partition coefficient (Wildman–Crippen LogP) is 5.61. The Labute approximate surface area is 222 Å². The second kappa shape index (κ2) is 10.1. The molecule has 0 spiro atoms. The molecule has 1 unspecified atom stereocenters. The van der Waals surface area contributed by atoms with E-state index in [4.69, 9.17) is 9.47 Å². The van der Waals surface area contributed by atoms with Crippen molar-refractivity contribution in [2.75, 3.05) is 20.8 Å². The lowest BCUT2D eigenvalue weighted by Gasteiger charge is -2.25. The van der Waals surface area contributed by atoms with Gasteiger partial charge in [-0.3, -0.25) is 9.59 Å². The molecule has 1 aliphatic heterocycles. The number of hydrogen-bond donors (Lipinski definition) is 2. The number of likely N-dealkylation sites (tertiary alicyclic amines) is 1. The Balaban J connectivity index is 1.54. The van der Waals surface area contributed by atoms with Crippen molar-refractivity contribution >= 4 is 44.3 Å². The number of nitrogens with zero attached hydrogens (tertiary/aromatic N) is 1. The van der Waals surface area contributed by atoms with Crippen LogP contribution in [0.25, 0.3) is 16.7 Å². The van der Waals surface area contributed by atoms with Crippen LogP contribution < -0.4 is 9.47 Å². The van der Waals surface area contributed by atoms with Gasteiger partial charge < -0.3 is 24.5 Å². The normalized spacial score (nSPS) is 16.9. The van der Waals surface area contributed by atoms with Crippen molar-refractivity contribution in [1.82, 2.24) is 9.88 Å². The van der Waals surface area contributed by atoms with Gasteiger partial charge in [0, 0.05) is 33.7 Å². The van der Waals surface area contributed by atoms with E-state index in [-0.39, 0.29) is 17.9 Å². The number of aliphatic hydroxyl groups is 1. The first-order valence-electron chi connectivity index (χ1n) is 11.7. The molecule has 2 heterocycles. The van der Waals surface area contributed by atoms with Gasteiger partial charge in [0.15, 0.2) is 0 Å². The number of hydrogen-bond acceptors (Lipinski definition) is 5. The number of nitrogens with one attached hydrogen (secondary N) is 1. The number of ketones is 1. The summed E-state index contributed by atoms with van der Waals surface area (Å²) in [6.07, 6.45) is 2.42. The minimum absolute atomic E-state index is 0.0677. The summed E-state index contributed by atoms with van der Waals surface area (Å²) >= 11 is 3.44. The van der Waals surface area contributed by atoms with E-state index in [1.54, 1.807) is 43.4 Å². The third-order valence-electron chi connectivity index (χ3n) is 6.69. The zero-order valence-corrected chi connectivity index (χ0v) is 21.9. The molecule has 1 atom stereocenters. The summed E-state index contributed by atoms with van der Waals surface area (Å²) < 4.78 is 11.4. The molecule has 8 heteroatoms. The Morgan fingerprint density at radius 1 is 0.973 bits per heavy atom. The Kier molecular flexibility index (Phi) is 6.76. The van der Waals surface area contributed by atoms with Gasteiger partial charge in [-0.1, -0.05) is 28.1 Å². The number of rotatable bonds is 7. The van der Waals surface area contributed by atoms with Crippen molar-refractivity contribution < 1.29 is 24.2 Å². The molecule has 188 valence electrons. The molecule has 3 aromatic carbocycles. The van der Waals surface area contributed by atoms with Crippen LogP contribution >= 0.6 is 15.9 Å². The Morgan fingerprint density at radius 2 is 1.65 bits per heavy atom. The van der Waals surface area contributed by atoms with E-state index < -0.39 is 17.7 Å². The van der Waals surface area contributed by atoms with Gasteiger partial charge in [-0.25, -0.2) is 0 Å². The first kappa shape index (κ1) is 24.6. The van der Waals surface area contributed by atoms with E-state index in [1.807, 2.05) is 48.7 Å². The van der Waals surface area contributed by atoms with E-state index >= 15 is 0 Å². The van der Waals surface area contributed by atoms with Gasteiger partial charge in [0.25, 0.3) is 11.7 Å². The van der Waals surface area contributed by atoms with Crippen LogP contribution in [-0.2, 0) is 16.0 Å². The van der Waals surface area contributed by atoms with Gasteiger partial charge in [0.1, 0.15) is 17.3 Å². The number of methoxy groups -OCH3 is 2. The number of carbonyl (C=O) groups is 2. The minimum atomic E-state index is -0.727. The number of H-pyrrole nitrogens is 1. The van der Waals surface area contributed by atoms with Gasteiger partial charge in [0.05, 0.1) is 25.8 Å². The maximum atomic E-state index is 13.3. The molecule has 1 aromatic heterocycles. The number of amides is 1. The molecule has 5 rings (SSSR count). The first-order chi connectivity index (χ1) is 17.9. The summed E-state index contributed by atoms with van der Waals surface area (Å²) in [5.41, 5.74) is 3.20. The average Bonchev–Trinajstić information content (AvgIpc) is 3.44. The van der Waals surface area contributed by atoms with Crippen LogP contribution in [0.1, 0.15) is 22.7 Å². The Bertz CT molecular complexity index is 1510. The quantitative estimate of drug-likeness (QED) is 0.174. The zero-order chi connectivity index (χ0) is 26.1. The van der Waals surface area contributed by atoms with Crippen LogP contribution in [0.2, 0.25) is 0 Å². The van der Waals surface area contributed by atoms with Crippen LogP contribution in [0, 0.1) is 0 Å². The number of halogens is 1. The average molecular weight is 561 g/mol. The molecule has 7 nitrogen and oxygen atoms in total. The summed E-state index contributed by atoms with van der Waals surface area (Å²) in [5, 5.41) is 12.2. The highest BCUT2D eigenvalue weighted by molar-refractivity contribution is 9.10. The zero-order valence-electron chi connectivity index (χ0n) is 20.3. The Hall–Kier alpha value is -4.04. The van der Waals surface area contributed by atoms with Crippen LogP contribution in [-0.4, -0.2) is 47.4 Å². The van der Waals surface area contributed by atoms with Crippen LogP contribution in [0.4, 0.5) is 0 Å². The number of aromatic nitrogens is 1. The SMILES string of the molecule is COc1ccc(/C(O)=C2/C(=O)C(=O)N(CCc3c[nH]c4ccc(OC)cc34)C2c2ccc(Br)cc2)cc1. The standard InChI is InChI=1S/C29H25BrN2O5/c1-36-21-9-5-18(6-10-21)27(33)25-26(17-3-7-20(30)8-4-17)32(29(35)28(25)34)14-13-19-16-31-24-12-11-22(37-2)15-23(19)24/h3-12,15-16,26,31,33H,13-14H2,1-2H3/b27-25-. The van der Waals surface area contributed by atoms with Gasteiger partial charge in [-0.15, -0.1) is 0 Å². The van der Waals surface area contributed by atoms with E-state index in [2.05, 4.69) is 20.9 Å². The second-order valence-corrected chi connectivity index (χ2v) is 9.66. The lowest BCUT2D eigenvalue weighted by molar-refractivity contribution is -0.139. The smallest absolute Gasteiger partial charge is 0.295 e. The summed E-state index contributed by atoms with van der Waals surface area (Å²) in [7, 11) is 3.17. The lowest BCUT2D eigenvalue weighted by atomic mass is 9.95. The molecule has 0 aliphatic carbocycles. The molecular formula is C29H25BrN2O5. The van der Waals surface area contributed by atoms with Crippen molar-refractivity contribution in [3.05, 3.63) is 99.7 Å². The second-order valence-electron chi connectivity index (χ2n) is 8.75. The number of ether oxygens (including phenoxy) is 2. The number of aromatic amines is 1. The monoisotopic (exact) mass is 560 g/mol. The van der Waals surface area contributed by atoms with Gasteiger partial charge in [0.2, 0.25) is 0 Å². The molecule has 4 aromatic rings. The number of aliphatic hydroxyl groups excluding tert-OH is 1. The molecular weight excluding hydrogens is 536 g/mol. The fraction of sp³-hybridized carbons (Fsp3) is 0.172. The third-order valence-corrected chi connectivity index (χ3v) is 7.21. The summed E-state index contributed by atoms with van der Waals surface area (Å²) in [6, 6.07) is 19.2. The molecule has 37 heavy (non-hydrogen) atoms. The maximum absolute atomic E-state index is 13.3. The topological polar surface area (TPSA) is 91.9 Å². The van der Waals surface area contributed by atoms with Crippen molar-refractivity contribution in [3.8, 4) is 11.5 Å². The third kappa shape index (κ3) is 4.60. The predicted molar refractivity (Wildman–Crippen MR) is 145 cm³/mol. The fourth-order valence-corrected chi connectivity index (χ4v) is 5.00. The van der Waals surface area contributed by atoms with Gasteiger partial charge >= 0.3 is 0 Å². The van der Waals surface area contributed by atoms with Crippen molar-refractivity contribution in [3.63, 3.8) is 0 Å². The molecule has 0 bridgehead atoms. The summed E-state index contributed by atoms with van der Waals surface area (Å²) in [5.74, 6) is -0.199. The molecule has 1 fully saturated rings. The number of fused-ring (bicyclic) bond motifs is 1. The molecule has 1 saturated heterocycles. The van der Waals surface area contributed by atoms with Crippen molar-refractivity contribution in [2.24, 2.45) is 0 Å². The maximum Gasteiger partial charge on any atom is 0.295 e. The van der Waals surface area contributed by atoms with Gasteiger partial charge in [-0.2, -0.15) is 0 Å². The highest BCUT2D eigenvalue weighted by Gasteiger charge is 2.45. The highest BCUT2D eigenvalue weighted by atomic mass is 79.9. The summed E-state index contributed by atoms with van der Waals surface area (Å²) in [6.45, 7) is 0.287. The van der Waals surface area contributed by atoms with E-state index in [9.17, 15) is 14.7 Å². The summed E-state index contributed by atoms with van der Waals surface area (Å²) in [4.78, 5) is 31.4. The lowest BCUT2D eigenvalue weighted by Crippen LogP contribution is -2.31. The van der Waals surface area contributed by atoms with Crippen LogP contribution in [0.5, 0.6) is 11.5 Å². The van der Waals surface area contributed by atoms with Crippen LogP contribution in [0.3, 0.4) is 0 Å². The van der Waals surface area contributed by atoms with E-state index in [1.165, 1.54) is 0 Å². The van der Waals surface area contributed by atoms with E-state index in [0.717, 1.165) is 32.3 Å². The van der Waals surface area contributed by atoms with Crippen LogP contribution in [0.15, 0.2) is 83.0 Å². The Morgan fingerprint density at radius 3 is 2.32 bits per heavy atom. The first-order valence-corrected chi connectivity index (χ1v) is 12.5. The fourth-order valence-electron chi connectivity index (χ4n) is 4.74. The van der Waals surface area contributed by atoms with E-state index in [0.29, 0.717) is 17.7 Å². The van der Waals surface area contributed by atoms with Gasteiger partial charge in [-0.05, 0) is 72.1 Å². The van der Waals surface area contributed by atoms with Crippen molar-refractivity contribution in [1.29, 1.82) is 0 Å². The van der Waals surface area contributed by atoms with Crippen molar-refractivity contribution in [2.45, 2.75) is 12.5 Å².